The predicted molar refractivity (Wildman–Crippen MR) is 96.9 cm³/mol. The van der Waals surface area contributed by atoms with Crippen LogP contribution < -0.4 is 10.6 Å². The van der Waals surface area contributed by atoms with E-state index in [9.17, 15) is 4.79 Å². The molecule has 3 rings (SSSR count). The smallest absolute Gasteiger partial charge is 0.404 e. The van der Waals surface area contributed by atoms with Crippen LogP contribution in [0.2, 0.25) is 0 Å². The fourth-order valence-electron chi connectivity index (χ4n) is 3.91. The highest BCUT2D eigenvalue weighted by atomic mass is 16.4. The lowest BCUT2D eigenvalue weighted by Gasteiger charge is -2.29. The highest BCUT2D eigenvalue weighted by molar-refractivity contribution is 5.64. The molecule has 0 saturated heterocycles. The summed E-state index contributed by atoms with van der Waals surface area (Å²) in [7, 11) is 0. The average molecular weight is 328 g/mol. The second-order valence-corrected chi connectivity index (χ2v) is 7.10. The Hall–Kier alpha value is -1.81. The van der Waals surface area contributed by atoms with Gasteiger partial charge in [-0.3, -0.25) is 0 Å². The molecule has 130 valence electrons. The highest BCUT2D eigenvalue weighted by Gasteiger charge is 2.40. The Labute approximate surface area is 144 Å². The van der Waals surface area contributed by atoms with E-state index in [-0.39, 0.29) is 6.04 Å². The molecule has 2 aliphatic rings. The Kier molecular flexibility index (Phi) is 5.56. The van der Waals surface area contributed by atoms with E-state index in [4.69, 9.17) is 5.11 Å². The summed E-state index contributed by atoms with van der Waals surface area (Å²) < 4.78 is 0. The van der Waals surface area contributed by atoms with Gasteiger partial charge in [-0.15, -0.1) is 0 Å². The third kappa shape index (κ3) is 4.60. The summed E-state index contributed by atoms with van der Waals surface area (Å²) in [4.78, 5) is 10.7. The fourth-order valence-corrected chi connectivity index (χ4v) is 3.91. The Morgan fingerprint density at radius 2 is 1.83 bits per heavy atom. The van der Waals surface area contributed by atoms with Crippen LogP contribution in [-0.2, 0) is 0 Å². The van der Waals surface area contributed by atoms with Gasteiger partial charge in [0.1, 0.15) is 0 Å². The zero-order chi connectivity index (χ0) is 16.9. The van der Waals surface area contributed by atoms with Crippen LogP contribution in [0.3, 0.4) is 0 Å². The van der Waals surface area contributed by atoms with Crippen LogP contribution in [-0.4, -0.2) is 29.3 Å². The minimum atomic E-state index is -0.896. The van der Waals surface area contributed by atoms with Crippen LogP contribution in [0.15, 0.2) is 35.9 Å². The molecule has 2 saturated carbocycles. The maximum absolute atomic E-state index is 10.7. The molecule has 4 heteroatoms. The van der Waals surface area contributed by atoms with Gasteiger partial charge in [0.05, 0.1) is 0 Å². The molecular formula is C20H28N2O2. The van der Waals surface area contributed by atoms with Crippen LogP contribution in [0.5, 0.6) is 0 Å². The lowest BCUT2D eigenvalue weighted by Crippen LogP contribution is -2.42. The third-order valence-corrected chi connectivity index (χ3v) is 5.33. The number of carboxylic acid groups (broad SMARTS) is 1. The van der Waals surface area contributed by atoms with Gasteiger partial charge in [0.2, 0.25) is 0 Å². The van der Waals surface area contributed by atoms with Gasteiger partial charge in [0.25, 0.3) is 0 Å². The Balaban J connectivity index is 1.47. The van der Waals surface area contributed by atoms with Crippen LogP contribution in [0, 0.1) is 5.92 Å². The summed E-state index contributed by atoms with van der Waals surface area (Å²) in [6.07, 6.45) is 7.82. The number of hydrogen-bond acceptors (Lipinski definition) is 2. The zero-order valence-electron chi connectivity index (χ0n) is 14.4. The summed E-state index contributed by atoms with van der Waals surface area (Å²) >= 11 is 0. The van der Waals surface area contributed by atoms with Gasteiger partial charge in [-0.05, 0) is 50.0 Å². The topological polar surface area (TPSA) is 61.4 Å². The third-order valence-electron chi connectivity index (χ3n) is 5.33. The first-order chi connectivity index (χ1) is 11.7. The van der Waals surface area contributed by atoms with Crippen molar-refractivity contribution in [2.45, 2.75) is 63.6 Å². The number of carbonyl (C=O) groups is 1. The first-order valence-electron chi connectivity index (χ1n) is 9.16. The van der Waals surface area contributed by atoms with Crippen LogP contribution in [0.25, 0.3) is 6.08 Å². The first-order valence-corrected chi connectivity index (χ1v) is 9.16. The van der Waals surface area contributed by atoms with Crippen molar-refractivity contribution in [1.82, 2.24) is 10.6 Å². The standard InChI is InChI=1S/C20H28N2O2/c1-2-15(12-14-6-4-3-5-7-14)18-13-19(18)21-16-8-10-17(11-9-16)22-20(23)24/h3-7,12,16-19,21-22H,2,8-11,13H2,1H3,(H,23,24). The van der Waals surface area contributed by atoms with Crippen LogP contribution in [0.4, 0.5) is 4.79 Å². The van der Waals surface area contributed by atoms with E-state index in [2.05, 4.69) is 54.0 Å². The monoisotopic (exact) mass is 328 g/mol. The van der Waals surface area contributed by atoms with Crippen molar-refractivity contribution in [2.24, 2.45) is 5.92 Å². The molecule has 0 heterocycles. The molecule has 2 aliphatic carbocycles. The number of benzene rings is 1. The normalized spacial score (nSPS) is 30.0. The van der Waals surface area contributed by atoms with E-state index in [0.717, 1.165) is 32.1 Å². The summed E-state index contributed by atoms with van der Waals surface area (Å²) in [6.45, 7) is 2.24. The summed E-state index contributed by atoms with van der Waals surface area (Å²) in [6, 6.07) is 11.8. The summed E-state index contributed by atoms with van der Waals surface area (Å²) in [5, 5.41) is 15.2. The summed E-state index contributed by atoms with van der Waals surface area (Å²) in [5.74, 6) is 0.671. The van der Waals surface area contributed by atoms with E-state index in [1.807, 2.05) is 0 Å². The van der Waals surface area contributed by atoms with Crippen molar-refractivity contribution in [1.29, 1.82) is 0 Å². The molecule has 24 heavy (non-hydrogen) atoms. The van der Waals surface area contributed by atoms with Crippen molar-refractivity contribution < 1.29 is 9.90 Å². The molecule has 1 aromatic carbocycles. The van der Waals surface area contributed by atoms with E-state index < -0.39 is 6.09 Å². The maximum Gasteiger partial charge on any atom is 0.404 e. The second kappa shape index (κ2) is 7.84. The van der Waals surface area contributed by atoms with Gasteiger partial charge in [-0.1, -0.05) is 48.9 Å². The molecule has 1 aromatic rings. The number of amides is 1. The molecule has 2 unspecified atom stereocenters. The van der Waals surface area contributed by atoms with E-state index >= 15 is 0 Å². The van der Waals surface area contributed by atoms with Crippen LogP contribution in [0.1, 0.15) is 51.0 Å². The van der Waals surface area contributed by atoms with Crippen molar-refractivity contribution >= 4 is 12.2 Å². The molecular weight excluding hydrogens is 300 g/mol. The second-order valence-electron chi connectivity index (χ2n) is 7.10. The molecule has 2 atom stereocenters. The lowest BCUT2D eigenvalue weighted by atomic mass is 9.91. The van der Waals surface area contributed by atoms with E-state index in [0.29, 0.717) is 18.0 Å². The Bertz CT molecular complexity index is 577. The van der Waals surface area contributed by atoms with Crippen LogP contribution >= 0.6 is 0 Å². The van der Waals surface area contributed by atoms with Gasteiger partial charge >= 0.3 is 6.09 Å². The number of nitrogens with one attached hydrogen (secondary N) is 2. The molecule has 3 N–H and O–H groups in total. The first kappa shape index (κ1) is 17.0. The molecule has 0 spiro atoms. The van der Waals surface area contributed by atoms with Crippen molar-refractivity contribution in [3.63, 3.8) is 0 Å². The molecule has 4 nitrogen and oxygen atoms in total. The predicted octanol–water partition coefficient (Wildman–Crippen LogP) is 4.04. The minimum Gasteiger partial charge on any atom is -0.465 e. The van der Waals surface area contributed by atoms with Gasteiger partial charge in [0.15, 0.2) is 0 Å². The quantitative estimate of drug-likeness (QED) is 0.738. The Morgan fingerprint density at radius 3 is 2.46 bits per heavy atom. The molecule has 0 radical (unpaired) electrons. The molecule has 0 aliphatic heterocycles. The minimum absolute atomic E-state index is 0.139. The Morgan fingerprint density at radius 1 is 1.17 bits per heavy atom. The SMILES string of the molecule is CCC(=Cc1ccccc1)C1CC1NC1CCC(NC(=O)O)CC1. The molecule has 2 fully saturated rings. The molecule has 1 amide bonds. The largest absolute Gasteiger partial charge is 0.465 e. The average Bonchev–Trinajstić information content (AvgIpc) is 3.34. The molecule has 0 bridgehead atoms. The number of hydrogen-bond donors (Lipinski definition) is 3. The fraction of sp³-hybridized carbons (Fsp3) is 0.550. The van der Waals surface area contributed by atoms with Gasteiger partial charge in [-0.25, -0.2) is 4.79 Å². The maximum atomic E-state index is 10.7. The van der Waals surface area contributed by atoms with E-state index in [1.165, 1.54) is 12.0 Å². The molecule has 0 aromatic heterocycles. The van der Waals surface area contributed by atoms with Gasteiger partial charge < -0.3 is 15.7 Å². The lowest BCUT2D eigenvalue weighted by molar-refractivity contribution is 0.183. The van der Waals surface area contributed by atoms with Crippen molar-refractivity contribution in [3.05, 3.63) is 41.5 Å². The zero-order valence-corrected chi connectivity index (χ0v) is 14.4. The van der Waals surface area contributed by atoms with Gasteiger partial charge in [-0.2, -0.15) is 0 Å². The number of rotatable bonds is 6. The summed E-state index contributed by atoms with van der Waals surface area (Å²) in [5.41, 5.74) is 2.83. The van der Waals surface area contributed by atoms with Crippen molar-refractivity contribution in [3.8, 4) is 0 Å². The van der Waals surface area contributed by atoms with Gasteiger partial charge in [0, 0.05) is 18.1 Å². The van der Waals surface area contributed by atoms with Crippen molar-refractivity contribution in [2.75, 3.05) is 0 Å². The van der Waals surface area contributed by atoms with E-state index in [1.54, 1.807) is 5.57 Å². The highest BCUT2D eigenvalue weighted by Crippen LogP contribution is 2.40.